The average Bonchev–Trinajstić information content (AvgIpc) is 3.09. The van der Waals surface area contributed by atoms with Crippen molar-refractivity contribution in [3.63, 3.8) is 0 Å². The van der Waals surface area contributed by atoms with Crippen LogP contribution in [0.4, 0.5) is 0 Å². The summed E-state index contributed by atoms with van der Waals surface area (Å²) in [6, 6.07) is 5.00. The minimum absolute atomic E-state index is 0. The van der Waals surface area contributed by atoms with Crippen molar-refractivity contribution in [3.8, 4) is 0 Å². The Kier molecular flexibility index (Phi) is 7.91. The number of aliphatic imine (C=N–C) groups is 1. The van der Waals surface area contributed by atoms with Crippen molar-refractivity contribution in [2.24, 2.45) is 17.8 Å². The fraction of sp³-hybridized carbons (Fsp3) is 0.286. The first-order chi connectivity index (χ1) is 10.9. The summed E-state index contributed by atoms with van der Waals surface area (Å²) in [5.74, 6) is 0.663. The molecule has 0 fully saturated rings. The van der Waals surface area contributed by atoms with Gasteiger partial charge in [0, 0.05) is 19.8 Å². The molecule has 10 heteroatoms. The van der Waals surface area contributed by atoms with Gasteiger partial charge in [-0.2, -0.15) is 0 Å². The Morgan fingerprint density at radius 1 is 1.33 bits per heavy atom. The van der Waals surface area contributed by atoms with Crippen LogP contribution in [0.2, 0.25) is 10.2 Å². The number of carbonyl (C=O) groups is 1. The van der Waals surface area contributed by atoms with Crippen molar-refractivity contribution >= 4 is 59.0 Å². The van der Waals surface area contributed by atoms with E-state index in [1.165, 1.54) is 6.07 Å². The predicted octanol–water partition coefficient (Wildman–Crippen LogP) is 2.51. The number of nitrogens with one attached hydrogen (secondary N) is 2. The molecule has 0 aliphatic carbocycles. The standard InChI is InChI=1S/C14H17Cl2N5O2.HI/c1-18-14(19-6-8-5-10(15)12(16)21(8)2)20-7-9-3-4-11(23-9)13(17)22;/h3-5H,6-7H2,1-2H3,(H2,17,22)(H2,18,19,20);1H. The number of primary amides is 1. The van der Waals surface area contributed by atoms with Crippen molar-refractivity contribution in [1.82, 2.24) is 15.2 Å². The van der Waals surface area contributed by atoms with E-state index in [2.05, 4.69) is 15.6 Å². The van der Waals surface area contributed by atoms with Gasteiger partial charge in [-0.1, -0.05) is 23.2 Å². The van der Waals surface area contributed by atoms with Gasteiger partial charge in [0.1, 0.15) is 10.9 Å². The number of halogens is 3. The maximum Gasteiger partial charge on any atom is 0.284 e. The molecule has 0 aromatic carbocycles. The molecule has 0 aliphatic rings. The van der Waals surface area contributed by atoms with Crippen LogP contribution in [0.25, 0.3) is 0 Å². The number of guanidine groups is 1. The van der Waals surface area contributed by atoms with Gasteiger partial charge in [0.15, 0.2) is 11.7 Å². The highest BCUT2D eigenvalue weighted by molar-refractivity contribution is 14.0. The summed E-state index contributed by atoms with van der Waals surface area (Å²) in [7, 11) is 3.48. The molecule has 0 radical (unpaired) electrons. The monoisotopic (exact) mass is 485 g/mol. The van der Waals surface area contributed by atoms with Crippen molar-refractivity contribution in [2.75, 3.05) is 7.05 Å². The number of aromatic nitrogens is 1. The Bertz CT molecular complexity index is 742. The zero-order valence-corrected chi connectivity index (χ0v) is 16.9. The number of carbonyl (C=O) groups excluding carboxylic acids is 1. The third kappa shape index (κ3) is 5.05. The molecule has 2 aromatic rings. The first-order valence-corrected chi connectivity index (χ1v) is 7.50. The lowest BCUT2D eigenvalue weighted by Gasteiger charge is -2.11. The molecule has 2 heterocycles. The van der Waals surface area contributed by atoms with Gasteiger partial charge in [-0.15, -0.1) is 24.0 Å². The number of nitrogens with two attached hydrogens (primary N) is 1. The summed E-state index contributed by atoms with van der Waals surface area (Å²) in [6.45, 7) is 0.856. The normalized spacial score (nSPS) is 11.1. The zero-order valence-electron chi connectivity index (χ0n) is 13.1. The Balaban J connectivity index is 0.00000288. The van der Waals surface area contributed by atoms with Crippen LogP contribution >= 0.6 is 47.2 Å². The first kappa shape index (κ1) is 20.7. The number of furan rings is 1. The number of nitrogens with zero attached hydrogens (tertiary/aromatic N) is 2. The molecule has 24 heavy (non-hydrogen) atoms. The molecule has 4 N–H and O–H groups in total. The van der Waals surface area contributed by atoms with Gasteiger partial charge in [-0.25, -0.2) is 0 Å². The lowest BCUT2D eigenvalue weighted by atomic mass is 10.4. The number of amides is 1. The van der Waals surface area contributed by atoms with Crippen molar-refractivity contribution in [3.05, 3.63) is 45.6 Å². The van der Waals surface area contributed by atoms with Crippen LogP contribution in [0.3, 0.4) is 0 Å². The minimum Gasteiger partial charge on any atom is -0.454 e. The Morgan fingerprint density at radius 2 is 2.00 bits per heavy atom. The molecule has 0 aliphatic heterocycles. The van der Waals surface area contributed by atoms with Gasteiger partial charge in [0.2, 0.25) is 0 Å². The number of rotatable bonds is 5. The molecule has 132 valence electrons. The highest BCUT2D eigenvalue weighted by atomic mass is 127. The van der Waals surface area contributed by atoms with Crippen molar-refractivity contribution < 1.29 is 9.21 Å². The van der Waals surface area contributed by atoms with E-state index >= 15 is 0 Å². The van der Waals surface area contributed by atoms with E-state index in [1.54, 1.807) is 23.7 Å². The zero-order chi connectivity index (χ0) is 17.0. The summed E-state index contributed by atoms with van der Waals surface area (Å²) in [6.07, 6.45) is 0. The first-order valence-electron chi connectivity index (χ1n) is 6.75. The third-order valence-electron chi connectivity index (χ3n) is 3.21. The van der Waals surface area contributed by atoms with Crippen LogP contribution in [-0.2, 0) is 20.1 Å². The predicted molar refractivity (Wildman–Crippen MR) is 105 cm³/mol. The van der Waals surface area contributed by atoms with Gasteiger partial charge in [-0.3, -0.25) is 9.79 Å². The van der Waals surface area contributed by atoms with Gasteiger partial charge in [0.05, 0.1) is 18.1 Å². The number of hydrogen-bond donors (Lipinski definition) is 3. The van der Waals surface area contributed by atoms with Gasteiger partial charge >= 0.3 is 0 Å². The lowest BCUT2D eigenvalue weighted by Crippen LogP contribution is -2.36. The Morgan fingerprint density at radius 3 is 2.50 bits per heavy atom. The van der Waals surface area contributed by atoms with Gasteiger partial charge in [0.25, 0.3) is 5.91 Å². The summed E-state index contributed by atoms with van der Waals surface area (Å²) >= 11 is 12.0. The fourth-order valence-corrected chi connectivity index (χ4v) is 2.35. The highest BCUT2D eigenvalue weighted by Gasteiger charge is 2.10. The van der Waals surface area contributed by atoms with Crippen LogP contribution < -0.4 is 16.4 Å². The summed E-state index contributed by atoms with van der Waals surface area (Å²) in [4.78, 5) is 15.1. The summed E-state index contributed by atoms with van der Waals surface area (Å²) in [5, 5.41) is 7.19. The SMILES string of the molecule is CN=C(NCc1ccc(C(N)=O)o1)NCc1cc(Cl)c(Cl)n1C.I. The largest absolute Gasteiger partial charge is 0.454 e. The molecule has 0 saturated carbocycles. The topological polar surface area (TPSA) is 97.6 Å². The van der Waals surface area contributed by atoms with Crippen LogP contribution in [0, 0.1) is 0 Å². The molecule has 0 saturated heterocycles. The molecule has 7 nitrogen and oxygen atoms in total. The average molecular weight is 486 g/mol. The molecule has 0 atom stereocenters. The minimum atomic E-state index is -0.601. The molecule has 0 bridgehead atoms. The molecule has 0 spiro atoms. The lowest BCUT2D eigenvalue weighted by molar-refractivity contribution is 0.0972. The van der Waals surface area contributed by atoms with Gasteiger partial charge in [-0.05, 0) is 18.2 Å². The summed E-state index contributed by atoms with van der Waals surface area (Å²) in [5.41, 5.74) is 6.05. The third-order valence-corrected chi connectivity index (χ3v) is 4.05. The molecule has 2 aromatic heterocycles. The second-order valence-electron chi connectivity index (χ2n) is 4.74. The van der Waals surface area contributed by atoms with E-state index < -0.39 is 5.91 Å². The van der Waals surface area contributed by atoms with E-state index in [9.17, 15) is 4.79 Å². The quantitative estimate of drug-likeness (QED) is 0.344. The molecule has 1 amide bonds. The van der Waals surface area contributed by atoms with Crippen LogP contribution in [0.5, 0.6) is 0 Å². The van der Waals surface area contributed by atoms with Crippen LogP contribution in [0.1, 0.15) is 22.0 Å². The van der Waals surface area contributed by atoms with Gasteiger partial charge < -0.3 is 25.4 Å². The van der Waals surface area contributed by atoms with E-state index in [1.807, 2.05) is 7.05 Å². The Labute approximate surface area is 166 Å². The second kappa shape index (κ2) is 9.19. The molecular weight excluding hydrogens is 468 g/mol. The van der Waals surface area contributed by atoms with Crippen LogP contribution in [0.15, 0.2) is 27.6 Å². The number of hydrogen-bond acceptors (Lipinski definition) is 3. The van der Waals surface area contributed by atoms with E-state index in [-0.39, 0.29) is 29.7 Å². The molecule has 0 unspecified atom stereocenters. The molecular formula is C14H18Cl2IN5O2. The van der Waals surface area contributed by atoms with E-state index in [0.717, 1.165) is 5.69 Å². The second-order valence-corrected chi connectivity index (χ2v) is 5.51. The smallest absolute Gasteiger partial charge is 0.284 e. The fourth-order valence-electron chi connectivity index (χ4n) is 1.93. The maximum absolute atomic E-state index is 11.0. The maximum atomic E-state index is 11.0. The van der Waals surface area contributed by atoms with Crippen molar-refractivity contribution in [1.29, 1.82) is 0 Å². The Hall–Kier alpha value is -1.39. The highest BCUT2D eigenvalue weighted by Crippen LogP contribution is 2.24. The van der Waals surface area contributed by atoms with Crippen molar-refractivity contribution in [2.45, 2.75) is 13.1 Å². The van der Waals surface area contributed by atoms with E-state index in [0.29, 0.717) is 35.0 Å². The van der Waals surface area contributed by atoms with Crippen LogP contribution in [-0.4, -0.2) is 23.5 Å². The summed E-state index contributed by atoms with van der Waals surface area (Å²) < 4.78 is 7.07. The molecule has 2 rings (SSSR count). The van der Waals surface area contributed by atoms with E-state index in [4.69, 9.17) is 33.4 Å².